The maximum absolute atomic E-state index is 13.2. The van der Waals surface area contributed by atoms with Crippen LogP contribution in [0.1, 0.15) is 42.6 Å². The highest BCUT2D eigenvalue weighted by atomic mass is 32.2. The first-order valence-corrected chi connectivity index (χ1v) is 11.1. The SMILES string of the molecule is Cn1cc(S(=O)(=O)N2CCCC2)cc1C(=O)N1CCCCC1C1OCCO1. The molecule has 0 bridgehead atoms. The number of hydrogen-bond acceptors (Lipinski definition) is 5. The van der Waals surface area contributed by atoms with Crippen LogP contribution in [0.2, 0.25) is 0 Å². The number of sulfonamides is 1. The van der Waals surface area contributed by atoms with Gasteiger partial charge in [-0.05, 0) is 38.2 Å². The fourth-order valence-corrected chi connectivity index (χ4v) is 5.79. The van der Waals surface area contributed by atoms with Crippen LogP contribution in [0, 0.1) is 0 Å². The molecule has 0 radical (unpaired) electrons. The van der Waals surface area contributed by atoms with E-state index in [0.29, 0.717) is 38.5 Å². The number of carbonyl (C=O) groups excluding carboxylic acids is 1. The smallest absolute Gasteiger partial charge is 0.270 e. The van der Waals surface area contributed by atoms with Gasteiger partial charge in [0.2, 0.25) is 10.0 Å². The van der Waals surface area contributed by atoms with Crippen molar-refractivity contribution in [1.29, 1.82) is 0 Å². The molecule has 1 aromatic rings. The second-order valence-electron chi connectivity index (χ2n) is 7.45. The lowest BCUT2D eigenvalue weighted by molar-refractivity contribution is -0.100. The van der Waals surface area contributed by atoms with Crippen LogP contribution in [0.5, 0.6) is 0 Å². The number of rotatable bonds is 4. The van der Waals surface area contributed by atoms with E-state index in [1.54, 1.807) is 22.7 Å². The minimum atomic E-state index is -3.54. The molecule has 1 amide bonds. The first kappa shape index (κ1) is 18.9. The molecule has 8 nitrogen and oxygen atoms in total. The Bertz CT molecular complexity index is 794. The van der Waals surface area contributed by atoms with E-state index in [2.05, 4.69) is 0 Å². The number of nitrogens with zero attached hydrogens (tertiary/aromatic N) is 3. The molecule has 3 saturated heterocycles. The van der Waals surface area contributed by atoms with E-state index in [0.717, 1.165) is 32.1 Å². The Morgan fingerprint density at radius 2 is 1.74 bits per heavy atom. The van der Waals surface area contributed by atoms with Gasteiger partial charge in [-0.1, -0.05) is 0 Å². The summed E-state index contributed by atoms with van der Waals surface area (Å²) in [5.74, 6) is -0.163. The van der Waals surface area contributed by atoms with E-state index in [-0.39, 0.29) is 23.1 Å². The normalized spacial score (nSPS) is 25.4. The molecule has 3 aliphatic heterocycles. The second kappa shape index (κ2) is 7.54. The van der Waals surface area contributed by atoms with Crippen molar-refractivity contribution < 1.29 is 22.7 Å². The summed E-state index contributed by atoms with van der Waals surface area (Å²) in [5.41, 5.74) is 0.387. The third-order valence-corrected chi connectivity index (χ3v) is 7.54. The molecule has 0 spiro atoms. The number of hydrogen-bond donors (Lipinski definition) is 0. The molecule has 1 aromatic heterocycles. The molecule has 27 heavy (non-hydrogen) atoms. The number of carbonyl (C=O) groups is 1. The van der Waals surface area contributed by atoms with Gasteiger partial charge in [0.25, 0.3) is 5.91 Å². The van der Waals surface area contributed by atoms with Gasteiger partial charge >= 0.3 is 0 Å². The number of amides is 1. The molecule has 3 fully saturated rings. The van der Waals surface area contributed by atoms with Gasteiger partial charge in [0.05, 0.1) is 19.3 Å². The minimum Gasteiger partial charge on any atom is -0.348 e. The Balaban J connectivity index is 1.59. The van der Waals surface area contributed by atoms with Gasteiger partial charge in [0.1, 0.15) is 10.6 Å². The summed E-state index contributed by atoms with van der Waals surface area (Å²) in [6.45, 7) is 2.82. The summed E-state index contributed by atoms with van der Waals surface area (Å²) in [6, 6.07) is 1.39. The van der Waals surface area contributed by atoms with Crippen LogP contribution < -0.4 is 0 Å². The van der Waals surface area contributed by atoms with Gasteiger partial charge in [-0.25, -0.2) is 8.42 Å². The van der Waals surface area contributed by atoms with E-state index >= 15 is 0 Å². The highest BCUT2D eigenvalue weighted by molar-refractivity contribution is 7.89. The number of piperidine rings is 1. The van der Waals surface area contributed by atoms with Crippen molar-refractivity contribution in [3.05, 3.63) is 18.0 Å². The molecule has 0 saturated carbocycles. The molecule has 9 heteroatoms. The monoisotopic (exact) mass is 397 g/mol. The predicted molar refractivity (Wildman–Crippen MR) is 97.8 cm³/mol. The summed E-state index contributed by atoms with van der Waals surface area (Å²) in [4.78, 5) is 15.2. The largest absolute Gasteiger partial charge is 0.348 e. The van der Waals surface area contributed by atoms with Crippen molar-refractivity contribution in [2.75, 3.05) is 32.8 Å². The van der Waals surface area contributed by atoms with E-state index in [9.17, 15) is 13.2 Å². The van der Waals surface area contributed by atoms with Crippen LogP contribution >= 0.6 is 0 Å². The molecule has 0 aromatic carbocycles. The zero-order chi connectivity index (χ0) is 19.0. The van der Waals surface area contributed by atoms with Crippen molar-refractivity contribution in [2.24, 2.45) is 7.05 Å². The number of aromatic nitrogens is 1. The summed E-state index contributed by atoms with van der Waals surface area (Å²) >= 11 is 0. The zero-order valence-electron chi connectivity index (χ0n) is 15.7. The van der Waals surface area contributed by atoms with Crippen LogP contribution in [0.3, 0.4) is 0 Å². The Morgan fingerprint density at radius 3 is 2.44 bits per heavy atom. The van der Waals surface area contributed by atoms with E-state index in [1.165, 1.54) is 10.4 Å². The quantitative estimate of drug-likeness (QED) is 0.762. The Hall–Kier alpha value is -1.42. The van der Waals surface area contributed by atoms with Crippen LogP contribution in [-0.2, 0) is 26.5 Å². The van der Waals surface area contributed by atoms with Gasteiger partial charge in [0.15, 0.2) is 6.29 Å². The van der Waals surface area contributed by atoms with Crippen LogP contribution in [-0.4, -0.2) is 73.3 Å². The average Bonchev–Trinajstić information content (AvgIpc) is 3.42. The van der Waals surface area contributed by atoms with Gasteiger partial charge in [-0.2, -0.15) is 4.31 Å². The third kappa shape index (κ3) is 3.53. The van der Waals surface area contributed by atoms with Gasteiger partial charge in [-0.15, -0.1) is 0 Å². The third-order valence-electron chi connectivity index (χ3n) is 5.67. The topological polar surface area (TPSA) is 81.1 Å². The lowest BCUT2D eigenvalue weighted by Crippen LogP contribution is -2.50. The van der Waals surface area contributed by atoms with E-state index < -0.39 is 10.0 Å². The molecular formula is C18H27N3O5S. The molecular weight excluding hydrogens is 370 g/mol. The fraction of sp³-hybridized carbons (Fsp3) is 0.722. The number of ether oxygens (including phenoxy) is 2. The summed E-state index contributed by atoms with van der Waals surface area (Å²) in [6.07, 6.45) is 5.71. The van der Waals surface area contributed by atoms with E-state index in [4.69, 9.17) is 9.47 Å². The Morgan fingerprint density at radius 1 is 1.07 bits per heavy atom. The maximum atomic E-state index is 13.2. The van der Waals surface area contributed by atoms with Crippen LogP contribution in [0.25, 0.3) is 0 Å². The van der Waals surface area contributed by atoms with Crippen LogP contribution in [0.15, 0.2) is 17.2 Å². The van der Waals surface area contributed by atoms with Crippen molar-refractivity contribution in [1.82, 2.24) is 13.8 Å². The number of likely N-dealkylation sites (tertiary alicyclic amines) is 1. The molecule has 3 aliphatic rings. The maximum Gasteiger partial charge on any atom is 0.270 e. The lowest BCUT2D eigenvalue weighted by atomic mass is 10.0. The molecule has 4 heterocycles. The molecule has 150 valence electrons. The fourth-order valence-electron chi connectivity index (χ4n) is 4.20. The summed E-state index contributed by atoms with van der Waals surface area (Å²) in [7, 11) is -1.82. The standard InChI is InChI=1S/C18H27N3O5S/c1-19-13-14(27(23,24)20-7-4-5-8-20)12-16(19)17(22)21-9-3-2-6-15(21)18-25-10-11-26-18/h12-13,15,18H,2-11H2,1H3. The molecule has 4 rings (SSSR count). The molecule has 1 unspecified atom stereocenters. The first-order chi connectivity index (χ1) is 13.0. The first-order valence-electron chi connectivity index (χ1n) is 9.69. The average molecular weight is 397 g/mol. The number of aryl methyl sites for hydroxylation is 1. The minimum absolute atomic E-state index is 0.123. The molecule has 0 N–H and O–H groups in total. The molecule has 0 aliphatic carbocycles. The Labute approximate surface area is 160 Å². The van der Waals surface area contributed by atoms with E-state index in [1.807, 2.05) is 0 Å². The highest BCUT2D eigenvalue weighted by Crippen LogP contribution is 2.28. The van der Waals surface area contributed by atoms with Crippen LogP contribution in [0.4, 0.5) is 0 Å². The Kier molecular flexibility index (Phi) is 5.28. The van der Waals surface area contributed by atoms with Crippen molar-refractivity contribution in [2.45, 2.75) is 49.3 Å². The van der Waals surface area contributed by atoms with Crippen molar-refractivity contribution in [3.63, 3.8) is 0 Å². The zero-order valence-corrected chi connectivity index (χ0v) is 16.5. The molecule has 1 atom stereocenters. The van der Waals surface area contributed by atoms with Crippen molar-refractivity contribution in [3.8, 4) is 0 Å². The predicted octanol–water partition coefficient (Wildman–Crippen LogP) is 1.18. The lowest BCUT2D eigenvalue weighted by Gasteiger charge is -2.38. The van der Waals surface area contributed by atoms with Crippen molar-refractivity contribution >= 4 is 15.9 Å². The second-order valence-corrected chi connectivity index (χ2v) is 9.39. The van der Waals surface area contributed by atoms with Gasteiger partial charge < -0.3 is 18.9 Å². The van der Waals surface area contributed by atoms with Gasteiger partial charge in [0, 0.05) is 32.9 Å². The summed E-state index contributed by atoms with van der Waals surface area (Å²) < 4.78 is 40.0. The highest BCUT2D eigenvalue weighted by Gasteiger charge is 2.38. The van der Waals surface area contributed by atoms with Gasteiger partial charge in [-0.3, -0.25) is 4.79 Å². The summed E-state index contributed by atoms with van der Waals surface area (Å²) in [5, 5.41) is 0.